The fourth-order valence-corrected chi connectivity index (χ4v) is 2.24. The van der Waals surface area contributed by atoms with Gasteiger partial charge in [0, 0.05) is 13.5 Å². The van der Waals surface area contributed by atoms with Crippen LogP contribution >= 0.6 is 12.4 Å². The van der Waals surface area contributed by atoms with Crippen LogP contribution < -0.4 is 10.7 Å². The number of hydrazine groups is 1. The Morgan fingerprint density at radius 3 is 2.59 bits per heavy atom. The van der Waals surface area contributed by atoms with Crippen molar-refractivity contribution in [3.05, 3.63) is 0 Å². The predicted octanol–water partition coefficient (Wildman–Crippen LogP) is 0.480. The molecular weight excluding hydrogens is 246 g/mol. The lowest BCUT2D eigenvalue weighted by Crippen LogP contribution is -2.52. The first-order chi connectivity index (χ1) is 7.70. The highest BCUT2D eigenvalue weighted by atomic mass is 35.5. The zero-order valence-electron chi connectivity index (χ0n) is 9.89. The third-order valence-corrected chi connectivity index (χ3v) is 3.04. The first-order valence-electron chi connectivity index (χ1n) is 5.54. The van der Waals surface area contributed by atoms with Crippen LogP contribution in [-0.2, 0) is 4.79 Å². The van der Waals surface area contributed by atoms with Crippen molar-refractivity contribution >= 4 is 24.8 Å². The largest absolute Gasteiger partial charge is 0.464 e. The SMILES string of the molecule is CNN(C(=O)O)C(CC=O)C1CCNCC1.Cl. The van der Waals surface area contributed by atoms with Crippen LogP contribution in [0.1, 0.15) is 19.3 Å². The summed E-state index contributed by atoms with van der Waals surface area (Å²) in [7, 11) is 1.56. The van der Waals surface area contributed by atoms with Gasteiger partial charge in [0.1, 0.15) is 6.29 Å². The summed E-state index contributed by atoms with van der Waals surface area (Å²) in [4.78, 5) is 21.7. The highest BCUT2D eigenvalue weighted by Crippen LogP contribution is 2.22. The smallest absolute Gasteiger partial charge is 0.422 e. The van der Waals surface area contributed by atoms with E-state index in [-0.39, 0.29) is 30.8 Å². The lowest BCUT2D eigenvalue weighted by molar-refractivity contribution is -0.109. The van der Waals surface area contributed by atoms with Crippen LogP contribution in [0.4, 0.5) is 4.79 Å². The number of amides is 1. The van der Waals surface area contributed by atoms with Crippen molar-refractivity contribution in [1.29, 1.82) is 0 Å². The summed E-state index contributed by atoms with van der Waals surface area (Å²) in [6, 6.07) is -0.262. The van der Waals surface area contributed by atoms with Crippen LogP contribution in [0.2, 0.25) is 0 Å². The standard InChI is InChI=1S/C10H19N3O3.ClH/c1-11-13(10(15)16)9(4-7-14)8-2-5-12-6-3-8;/h7-9,11-12H,2-6H2,1H3,(H,15,16);1H. The zero-order chi connectivity index (χ0) is 12.0. The normalized spacial score (nSPS) is 17.9. The molecule has 1 saturated heterocycles. The van der Waals surface area contributed by atoms with E-state index in [0.29, 0.717) is 0 Å². The van der Waals surface area contributed by atoms with Gasteiger partial charge in [-0.25, -0.2) is 15.2 Å². The van der Waals surface area contributed by atoms with Crippen molar-refractivity contribution in [3.8, 4) is 0 Å². The minimum Gasteiger partial charge on any atom is -0.464 e. The molecule has 0 aromatic heterocycles. The molecule has 1 amide bonds. The summed E-state index contributed by atoms with van der Waals surface area (Å²) in [5.41, 5.74) is 2.64. The van der Waals surface area contributed by atoms with E-state index in [2.05, 4.69) is 10.7 Å². The molecule has 1 aliphatic heterocycles. The average molecular weight is 266 g/mol. The molecule has 1 unspecified atom stereocenters. The number of piperidine rings is 1. The molecule has 1 fully saturated rings. The van der Waals surface area contributed by atoms with E-state index in [9.17, 15) is 9.59 Å². The van der Waals surface area contributed by atoms with Crippen LogP contribution in [0.15, 0.2) is 0 Å². The summed E-state index contributed by atoms with van der Waals surface area (Å²) in [6.07, 6.45) is 1.82. The molecule has 0 saturated carbocycles. The molecule has 7 heteroatoms. The molecule has 0 radical (unpaired) electrons. The maximum absolute atomic E-state index is 11.0. The summed E-state index contributed by atoms with van der Waals surface area (Å²) in [5, 5.41) is 13.4. The number of hydrogen-bond donors (Lipinski definition) is 3. The van der Waals surface area contributed by atoms with Crippen molar-refractivity contribution < 1.29 is 14.7 Å². The summed E-state index contributed by atoms with van der Waals surface area (Å²) in [5.74, 6) is 0.245. The van der Waals surface area contributed by atoms with E-state index in [0.717, 1.165) is 37.2 Å². The van der Waals surface area contributed by atoms with Crippen molar-refractivity contribution in [2.24, 2.45) is 5.92 Å². The van der Waals surface area contributed by atoms with E-state index in [4.69, 9.17) is 5.11 Å². The van der Waals surface area contributed by atoms with Gasteiger partial charge in [-0.2, -0.15) is 0 Å². The molecule has 1 rings (SSSR count). The highest BCUT2D eigenvalue weighted by molar-refractivity contribution is 5.85. The maximum Gasteiger partial charge on any atom is 0.422 e. The van der Waals surface area contributed by atoms with Crippen LogP contribution in [0.3, 0.4) is 0 Å². The third-order valence-electron chi connectivity index (χ3n) is 3.04. The highest BCUT2D eigenvalue weighted by Gasteiger charge is 2.30. The quantitative estimate of drug-likeness (QED) is 0.498. The van der Waals surface area contributed by atoms with Crippen LogP contribution in [-0.4, -0.2) is 48.7 Å². The Hall–Kier alpha value is -0.850. The van der Waals surface area contributed by atoms with Crippen molar-refractivity contribution in [1.82, 2.24) is 15.8 Å². The Labute approximate surface area is 107 Å². The zero-order valence-corrected chi connectivity index (χ0v) is 10.7. The third kappa shape index (κ3) is 4.49. The number of carbonyl (C=O) groups is 2. The van der Waals surface area contributed by atoms with Gasteiger partial charge in [-0.1, -0.05) is 0 Å². The number of carboxylic acid groups (broad SMARTS) is 1. The minimum atomic E-state index is -1.03. The molecule has 0 aliphatic carbocycles. The average Bonchev–Trinajstić information content (AvgIpc) is 2.29. The second-order valence-corrected chi connectivity index (χ2v) is 3.93. The molecule has 0 aromatic rings. The number of nitrogens with one attached hydrogen (secondary N) is 2. The molecule has 17 heavy (non-hydrogen) atoms. The van der Waals surface area contributed by atoms with Crippen molar-refractivity contribution in [3.63, 3.8) is 0 Å². The van der Waals surface area contributed by atoms with Crippen molar-refractivity contribution in [2.75, 3.05) is 20.1 Å². The van der Waals surface area contributed by atoms with Gasteiger partial charge in [0.2, 0.25) is 0 Å². The van der Waals surface area contributed by atoms with Gasteiger partial charge in [-0.3, -0.25) is 0 Å². The Bertz CT molecular complexity index is 247. The fraction of sp³-hybridized carbons (Fsp3) is 0.800. The Morgan fingerprint density at radius 1 is 1.59 bits per heavy atom. The van der Waals surface area contributed by atoms with E-state index in [1.807, 2.05) is 0 Å². The summed E-state index contributed by atoms with van der Waals surface area (Å²) < 4.78 is 0. The van der Waals surface area contributed by atoms with E-state index >= 15 is 0 Å². The molecule has 0 spiro atoms. The van der Waals surface area contributed by atoms with Crippen LogP contribution in [0.5, 0.6) is 0 Å². The second kappa shape index (κ2) is 8.27. The number of halogens is 1. The first kappa shape index (κ1) is 16.1. The minimum absolute atomic E-state index is 0. The van der Waals surface area contributed by atoms with Crippen molar-refractivity contribution in [2.45, 2.75) is 25.3 Å². The molecule has 1 aliphatic rings. The molecule has 6 nitrogen and oxygen atoms in total. The van der Waals surface area contributed by atoms with E-state index in [1.54, 1.807) is 7.05 Å². The Balaban J connectivity index is 0.00000256. The van der Waals surface area contributed by atoms with Gasteiger partial charge in [0.05, 0.1) is 6.04 Å². The molecule has 0 aromatic carbocycles. The predicted molar refractivity (Wildman–Crippen MR) is 66.2 cm³/mol. The summed E-state index contributed by atoms with van der Waals surface area (Å²) in [6.45, 7) is 1.77. The van der Waals surface area contributed by atoms with E-state index in [1.165, 1.54) is 0 Å². The molecule has 3 N–H and O–H groups in total. The fourth-order valence-electron chi connectivity index (χ4n) is 2.24. The first-order valence-corrected chi connectivity index (χ1v) is 5.54. The van der Waals surface area contributed by atoms with Gasteiger partial charge in [-0.15, -0.1) is 12.4 Å². The Kier molecular flexibility index (Phi) is 7.86. The van der Waals surface area contributed by atoms with Gasteiger partial charge in [0.25, 0.3) is 0 Å². The number of rotatable bonds is 5. The number of nitrogens with zero attached hydrogens (tertiary/aromatic N) is 1. The van der Waals surface area contributed by atoms with Gasteiger partial charge >= 0.3 is 6.09 Å². The lowest BCUT2D eigenvalue weighted by atomic mass is 9.88. The topological polar surface area (TPSA) is 81.7 Å². The molecule has 1 atom stereocenters. The molecule has 1 heterocycles. The number of aldehydes is 1. The van der Waals surface area contributed by atoms with Crippen LogP contribution in [0, 0.1) is 5.92 Å². The van der Waals surface area contributed by atoms with E-state index < -0.39 is 6.09 Å². The summed E-state index contributed by atoms with van der Waals surface area (Å²) >= 11 is 0. The Morgan fingerprint density at radius 2 is 2.18 bits per heavy atom. The van der Waals surface area contributed by atoms with Gasteiger partial charge in [-0.05, 0) is 31.8 Å². The molecular formula is C10H20ClN3O3. The lowest BCUT2D eigenvalue weighted by Gasteiger charge is -2.35. The number of hydrogen-bond acceptors (Lipinski definition) is 4. The molecule has 0 bridgehead atoms. The van der Waals surface area contributed by atoms with Crippen LogP contribution in [0.25, 0.3) is 0 Å². The second-order valence-electron chi connectivity index (χ2n) is 3.93. The monoisotopic (exact) mass is 265 g/mol. The molecule has 100 valence electrons. The number of carbonyl (C=O) groups excluding carboxylic acids is 1. The van der Waals surface area contributed by atoms with Gasteiger partial charge in [0.15, 0.2) is 0 Å². The maximum atomic E-state index is 11.0. The van der Waals surface area contributed by atoms with Gasteiger partial charge < -0.3 is 15.2 Å².